The van der Waals surface area contributed by atoms with Crippen molar-refractivity contribution in [2.45, 2.75) is 161 Å². The fourth-order valence-electron chi connectivity index (χ4n) is 13.3. The first-order chi connectivity index (χ1) is 51.8. The molecule has 3 N–H and O–H groups in total. The first-order valence-corrected chi connectivity index (χ1v) is 35.7. The summed E-state index contributed by atoms with van der Waals surface area (Å²) in [6.07, 6.45) is 55.7. The highest BCUT2D eigenvalue weighted by Gasteiger charge is 2.35. The fourth-order valence-corrected chi connectivity index (χ4v) is 13.3. The number of halogens is 11. The average Bonchev–Trinajstić information content (AvgIpc) is 1.26. The number of benzene rings is 3. The number of allylic oxidation sites excluding steroid dienone is 27. The second-order valence-corrected chi connectivity index (χ2v) is 29.5. The monoisotopic (exact) mass is 1520 g/mol. The molecule has 23 heteroatoms. The van der Waals surface area contributed by atoms with Gasteiger partial charge in [0.2, 0.25) is 17.7 Å². The van der Waals surface area contributed by atoms with E-state index in [1.54, 1.807) is 63.5 Å². The van der Waals surface area contributed by atoms with Crippen LogP contribution in [0.15, 0.2) is 257 Å². The molecule has 3 aromatic heterocycles. The predicted molar refractivity (Wildman–Crippen MR) is 413 cm³/mol. The molecule has 3 aromatic carbocycles. The third-order valence-corrected chi connectivity index (χ3v) is 19.5. The summed E-state index contributed by atoms with van der Waals surface area (Å²) in [6.45, 7) is 31.0. The van der Waals surface area contributed by atoms with Crippen molar-refractivity contribution in [2.24, 2.45) is 16.2 Å². The molecule has 3 atom stereocenters. The fraction of sp³-hybridized carbons (Fsp3) is 0.310. The van der Waals surface area contributed by atoms with Crippen molar-refractivity contribution in [3.8, 4) is 0 Å². The Bertz CT molecular complexity index is 4830. The zero-order valence-corrected chi connectivity index (χ0v) is 64.4. The number of imidazole rings is 3. The molecule has 0 fully saturated rings. The van der Waals surface area contributed by atoms with Crippen molar-refractivity contribution in [1.29, 1.82) is 0 Å². The first-order valence-electron chi connectivity index (χ1n) is 35.7. The molecule has 3 aliphatic rings. The van der Waals surface area contributed by atoms with Gasteiger partial charge >= 0.3 is 0 Å². The Kier molecular flexibility index (Phi) is 30.1. The van der Waals surface area contributed by atoms with Crippen LogP contribution in [0.1, 0.15) is 161 Å². The van der Waals surface area contributed by atoms with Gasteiger partial charge in [-0.3, -0.25) is 14.4 Å². The minimum atomic E-state index is -1.98. The minimum Gasteiger partial charge on any atom is -0.330 e. The summed E-state index contributed by atoms with van der Waals surface area (Å²) >= 11 is 0. The molecule has 0 saturated carbocycles. The number of hydrogen-bond acceptors (Lipinski definition) is 6. The third kappa shape index (κ3) is 23.5. The number of carbonyl (C=O) groups is 3. The van der Waals surface area contributed by atoms with E-state index in [2.05, 4.69) is 121 Å². The van der Waals surface area contributed by atoms with Crippen LogP contribution in [0.5, 0.6) is 0 Å². The zero-order chi connectivity index (χ0) is 81.1. The Hall–Kier alpha value is -11.0. The number of nitrogens with zero attached hydrogens (tertiary/aromatic N) is 6. The summed E-state index contributed by atoms with van der Waals surface area (Å²) in [5.41, 5.74) is 10.8. The molecule has 0 bridgehead atoms. The van der Waals surface area contributed by atoms with Crippen LogP contribution in [0.3, 0.4) is 0 Å². The van der Waals surface area contributed by atoms with E-state index >= 15 is 0 Å². The summed E-state index contributed by atoms with van der Waals surface area (Å²) in [5.74, 6) is -20.4. The lowest BCUT2D eigenvalue weighted by atomic mass is 9.71. The second kappa shape index (κ2) is 38.4. The molecule has 0 spiro atoms. The van der Waals surface area contributed by atoms with E-state index in [0.29, 0.717) is 28.8 Å². The minimum absolute atomic E-state index is 0.0485. The molecule has 3 unspecified atom stereocenters. The second-order valence-electron chi connectivity index (χ2n) is 29.5. The number of hydrogen-bond donors (Lipinski definition) is 3. The van der Waals surface area contributed by atoms with Crippen LogP contribution in [0.2, 0.25) is 0 Å². The largest absolute Gasteiger partial charge is 0.330 e. The summed E-state index contributed by atoms with van der Waals surface area (Å²) in [6, 6.07) is 2.92. The quantitative estimate of drug-likeness (QED) is 0.0215. The number of anilines is 3. The maximum atomic E-state index is 13.8. The van der Waals surface area contributed by atoms with Crippen LogP contribution in [0.4, 0.5) is 65.4 Å². The van der Waals surface area contributed by atoms with Crippen molar-refractivity contribution < 1.29 is 62.7 Å². The summed E-state index contributed by atoms with van der Waals surface area (Å²) < 4.78 is 154. The highest BCUT2D eigenvalue weighted by molar-refractivity contribution is 6.01. The Morgan fingerprint density at radius 3 is 1.07 bits per heavy atom. The molecule has 9 rings (SSSR count). The summed E-state index contributed by atoms with van der Waals surface area (Å²) in [7, 11) is 0. The Morgan fingerprint density at radius 1 is 0.391 bits per heavy atom. The lowest BCUT2D eigenvalue weighted by Gasteiger charge is -2.38. The maximum Gasteiger partial charge on any atom is 0.248 e. The number of nitrogens with one attached hydrogen (secondary N) is 3. The van der Waals surface area contributed by atoms with E-state index in [0.717, 1.165) is 79.5 Å². The van der Waals surface area contributed by atoms with Crippen LogP contribution >= 0.6 is 0 Å². The summed E-state index contributed by atoms with van der Waals surface area (Å²) in [5, 5.41) is 6.27. The van der Waals surface area contributed by atoms with Crippen LogP contribution in [-0.2, 0) is 14.4 Å². The molecule has 3 amide bonds. The standard InChI is InChI=1S/2C29H31F4N3O.C29H32F3N3O/c1-18(9-10-21-20(3)24(11-12-29(21,4)5)36-14-13-34-17-36)7-6-8-19(2)15-25(37)35-28-23(31)16-22(30)26(32)27(28)33;1-18(9-10-21-20(3)24(11-12-29(21,4)5)36-14-13-34-17-36)7-6-8-19(2)15-25(37)35-23-16-22(30)26(31)28(33)27(23)32;1-19(9-10-23-21(3)26(11-12-29(23,4)5)35-14-13-33-18-35)7-6-8-20(2)15-27(36)34-22-16-24(30)28(32)25(31)17-22/h2*6-10,13-17,24H,11-12H2,1-5H3,(H,35,37);6-10,13-18,26H,11-12H2,1-5H3,(H,34,36)/b2*8-6+,10-9+,18-7+,19-15+;8-6+,10-9+,19-7+,20-15+. The molecule has 6 aromatic rings. The normalized spacial score (nSPS) is 18.8. The molecule has 0 aliphatic heterocycles. The van der Waals surface area contributed by atoms with E-state index in [9.17, 15) is 62.7 Å². The molecular formula is C87H94F11N9O3. The van der Waals surface area contributed by atoms with Gasteiger partial charge in [0.25, 0.3) is 0 Å². The third-order valence-electron chi connectivity index (χ3n) is 19.5. The van der Waals surface area contributed by atoms with Gasteiger partial charge in [0.15, 0.2) is 64.0 Å². The molecular weight excluding hydrogens is 1430 g/mol. The van der Waals surface area contributed by atoms with Gasteiger partial charge in [-0.05, 0) is 167 Å². The molecule has 582 valence electrons. The van der Waals surface area contributed by atoms with E-state index < -0.39 is 93.1 Å². The van der Waals surface area contributed by atoms with Gasteiger partial charge in [0, 0.05) is 85.4 Å². The van der Waals surface area contributed by atoms with Gasteiger partial charge in [-0.25, -0.2) is 63.2 Å². The highest BCUT2D eigenvalue weighted by atomic mass is 19.2. The highest BCUT2D eigenvalue weighted by Crippen LogP contribution is 2.48. The molecule has 12 nitrogen and oxygen atoms in total. The van der Waals surface area contributed by atoms with E-state index in [1.165, 1.54) is 39.5 Å². The number of carbonyl (C=O) groups excluding carboxylic acids is 3. The Labute approximate surface area is 636 Å². The lowest BCUT2D eigenvalue weighted by molar-refractivity contribution is -0.112. The molecule has 110 heavy (non-hydrogen) atoms. The Balaban J connectivity index is 0.000000229. The van der Waals surface area contributed by atoms with Crippen LogP contribution in [-0.4, -0.2) is 46.4 Å². The van der Waals surface area contributed by atoms with E-state index in [1.807, 2.05) is 112 Å². The van der Waals surface area contributed by atoms with Crippen molar-refractivity contribution in [3.05, 3.63) is 321 Å². The van der Waals surface area contributed by atoms with Crippen molar-refractivity contribution in [2.75, 3.05) is 16.0 Å². The summed E-state index contributed by atoms with van der Waals surface area (Å²) in [4.78, 5) is 48.9. The van der Waals surface area contributed by atoms with Crippen LogP contribution in [0.25, 0.3) is 0 Å². The van der Waals surface area contributed by atoms with Gasteiger partial charge in [-0.2, -0.15) is 0 Å². The SMILES string of the molecule is CC1=C(/C=C/C(C)=C/C=C/C(C)=C/C(=O)Nc2c(F)cc(F)c(F)c2F)C(C)(C)CCC1n1ccnc1.CC1=C(/C=C/C(C)=C/C=C/C(C)=C/C(=O)Nc2cc(F)c(F)c(F)c2)C(C)(C)CCC1n1ccnc1.CC1=C(/C=C/C(C)=C/C=C/C(C)=C/C(=O)Nc2cc(F)c(F)c(F)c2F)C(C)(C)CCC1n1ccnc1. The Morgan fingerprint density at radius 2 is 0.718 bits per heavy atom. The van der Waals surface area contributed by atoms with Gasteiger partial charge in [-0.1, -0.05) is 149 Å². The number of aromatic nitrogens is 6. The van der Waals surface area contributed by atoms with Crippen molar-refractivity contribution >= 4 is 34.8 Å². The van der Waals surface area contributed by atoms with Gasteiger partial charge in [-0.15, -0.1) is 0 Å². The van der Waals surface area contributed by atoms with Gasteiger partial charge < -0.3 is 29.7 Å². The van der Waals surface area contributed by atoms with E-state index in [4.69, 9.17) is 0 Å². The van der Waals surface area contributed by atoms with Gasteiger partial charge in [0.05, 0.1) is 42.8 Å². The number of rotatable bonds is 21. The molecule has 3 aliphatic carbocycles. The van der Waals surface area contributed by atoms with E-state index in [-0.39, 0.29) is 40.1 Å². The topological polar surface area (TPSA) is 141 Å². The average molecular weight is 1520 g/mol. The van der Waals surface area contributed by atoms with Gasteiger partial charge in [0.1, 0.15) is 5.69 Å². The zero-order valence-electron chi connectivity index (χ0n) is 64.4. The smallest absolute Gasteiger partial charge is 0.248 e. The maximum absolute atomic E-state index is 13.8. The lowest BCUT2D eigenvalue weighted by Crippen LogP contribution is -2.25. The van der Waals surface area contributed by atoms with Crippen molar-refractivity contribution in [3.63, 3.8) is 0 Å². The molecule has 0 radical (unpaired) electrons. The molecule has 0 saturated heterocycles. The van der Waals surface area contributed by atoms with Crippen LogP contribution in [0, 0.1) is 80.2 Å². The van der Waals surface area contributed by atoms with Crippen LogP contribution < -0.4 is 16.0 Å². The number of amides is 3. The predicted octanol–water partition coefficient (Wildman–Crippen LogP) is 23.1. The van der Waals surface area contributed by atoms with Crippen molar-refractivity contribution in [1.82, 2.24) is 28.7 Å². The first kappa shape index (κ1) is 86.3. The molecule has 3 heterocycles.